The summed E-state index contributed by atoms with van der Waals surface area (Å²) in [7, 11) is 0. The predicted octanol–water partition coefficient (Wildman–Crippen LogP) is 2.93. The lowest BCUT2D eigenvalue weighted by molar-refractivity contribution is 1.26. The summed E-state index contributed by atoms with van der Waals surface area (Å²) in [6.07, 6.45) is 7.30. The van der Waals surface area contributed by atoms with Crippen LogP contribution >= 0.6 is 0 Å². The highest BCUT2D eigenvalue weighted by Gasteiger charge is 1.95. The average Bonchev–Trinajstić information content (AvgIpc) is 2.04. The summed E-state index contributed by atoms with van der Waals surface area (Å²) < 4.78 is 0. The van der Waals surface area contributed by atoms with Gasteiger partial charge in [0, 0.05) is 0 Å². The Hall–Kier alpha value is -1.24. The summed E-state index contributed by atoms with van der Waals surface area (Å²) in [6, 6.07) is 0. The van der Waals surface area contributed by atoms with Crippen LogP contribution in [0.3, 0.4) is 0 Å². The molecule has 0 aliphatic heterocycles. The van der Waals surface area contributed by atoms with Gasteiger partial charge < -0.3 is 5.73 Å². The van der Waals surface area contributed by atoms with E-state index in [1.807, 2.05) is 19.1 Å². The number of rotatable bonds is 3. The summed E-state index contributed by atoms with van der Waals surface area (Å²) in [5.74, 6) is 0. The Labute approximate surface area is 75.0 Å². The molecule has 1 heteroatoms. The van der Waals surface area contributed by atoms with E-state index in [-0.39, 0.29) is 0 Å². The largest absolute Gasteiger partial charge is 0.404 e. The van der Waals surface area contributed by atoms with Gasteiger partial charge >= 0.3 is 0 Å². The first-order chi connectivity index (χ1) is 5.63. The number of hydrogen-bond acceptors (Lipinski definition) is 1. The fourth-order valence-electron chi connectivity index (χ4n) is 0.946. The second-order valence-electron chi connectivity index (χ2n) is 2.86. The first-order valence-electron chi connectivity index (χ1n) is 3.99. The third kappa shape index (κ3) is 3.24. The molecule has 0 bridgehead atoms. The van der Waals surface area contributed by atoms with Crippen molar-refractivity contribution in [1.82, 2.24) is 0 Å². The lowest BCUT2D eigenvalue weighted by Gasteiger charge is -2.03. The van der Waals surface area contributed by atoms with Crippen molar-refractivity contribution in [3.8, 4) is 0 Å². The van der Waals surface area contributed by atoms with Crippen molar-refractivity contribution in [3.05, 3.63) is 47.7 Å². The van der Waals surface area contributed by atoms with Crippen LogP contribution in [0, 0.1) is 0 Å². The van der Waals surface area contributed by atoms with Crippen LogP contribution < -0.4 is 5.73 Å². The fraction of sp³-hybridized carbons (Fsp3) is 0.273. The van der Waals surface area contributed by atoms with Crippen LogP contribution in [0.25, 0.3) is 0 Å². The molecule has 0 radical (unpaired) electrons. The summed E-state index contributed by atoms with van der Waals surface area (Å²) in [4.78, 5) is 0. The average molecular weight is 163 g/mol. The summed E-state index contributed by atoms with van der Waals surface area (Å²) in [5.41, 5.74) is 8.95. The summed E-state index contributed by atoms with van der Waals surface area (Å²) >= 11 is 0. The molecule has 0 fully saturated rings. The van der Waals surface area contributed by atoms with E-state index in [2.05, 4.69) is 20.4 Å². The highest BCUT2D eigenvalue weighted by atomic mass is 14.5. The Bertz CT molecular complexity index is 238. The third-order valence-electron chi connectivity index (χ3n) is 1.61. The lowest BCUT2D eigenvalue weighted by Crippen LogP contribution is -1.89. The van der Waals surface area contributed by atoms with Crippen molar-refractivity contribution in [1.29, 1.82) is 0 Å². The summed E-state index contributed by atoms with van der Waals surface area (Å²) in [6.45, 7) is 9.74. The van der Waals surface area contributed by atoms with E-state index in [0.29, 0.717) is 0 Å². The van der Waals surface area contributed by atoms with Gasteiger partial charge in [0.1, 0.15) is 0 Å². The molecule has 0 amide bonds. The quantitative estimate of drug-likeness (QED) is 0.636. The number of allylic oxidation sites excluding steroid dienone is 6. The molecule has 2 N–H and O–H groups in total. The van der Waals surface area contributed by atoms with Gasteiger partial charge in [-0.05, 0) is 38.1 Å². The van der Waals surface area contributed by atoms with Gasteiger partial charge in [0.15, 0.2) is 0 Å². The normalized spacial score (nSPS) is 11.8. The van der Waals surface area contributed by atoms with Crippen molar-refractivity contribution in [3.63, 3.8) is 0 Å². The van der Waals surface area contributed by atoms with Gasteiger partial charge in [-0.25, -0.2) is 0 Å². The Balaban J connectivity index is 4.83. The molecule has 0 rings (SSSR count). The Kier molecular flexibility index (Phi) is 4.86. The van der Waals surface area contributed by atoms with E-state index in [0.717, 1.165) is 5.57 Å². The zero-order valence-corrected chi connectivity index (χ0v) is 8.09. The molecule has 0 spiro atoms. The van der Waals surface area contributed by atoms with E-state index in [1.165, 1.54) is 11.1 Å². The smallest absolute Gasteiger partial charge is 0.00265 e. The van der Waals surface area contributed by atoms with Crippen LogP contribution in [0.15, 0.2) is 47.7 Å². The fourth-order valence-corrected chi connectivity index (χ4v) is 0.946. The SMILES string of the molecule is C=C/C=C\C(=C(C)C)/C(C)=C\N. The zero-order chi connectivity index (χ0) is 9.56. The number of nitrogens with two attached hydrogens (primary N) is 1. The van der Waals surface area contributed by atoms with E-state index >= 15 is 0 Å². The molecule has 0 aliphatic carbocycles. The van der Waals surface area contributed by atoms with Crippen LogP contribution in [-0.4, -0.2) is 0 Å². The van der Waals surface area contributed by atoms with Crippen LogP contribution in [0.4, 0.5) is 0 Å². The van der Waals surface area contributed by atoms with E-state index in [4.69, 9.17) is 5.73 Å². The molecule has 1 nitrogen and oxygen atoms in total. The van der Waals surface area contributed by atoms with Crippen molar-refractivity contribution in [2.75, 3.05) is 0 Å². The van der Waals surface area contributed by atoms with Gasteiger partial charge in [0.05, 0.1) is 0 Å². The van der Waals surface area contributed by atoms with E-state index in [1.54, 1.807) is 12.3 Å². The maximum atomic E-state index is 5.43. The zero-order valence-electron chi connectivity index (χ0n) is 8.09. The molecule has 66 valence electrons. The highest BCUT2D eigenvalue weighted by Crippen LogP contribution is 2.14. The first-order valence-corrected chi connectivity index (χ1v) is 3.99. The topological polar surface area (TPSA) is 26.0 Å². The predicted molar refractivity (Wildman–Crippen MR) is 55.7 cm³/mol. The molecule has 0 aromatic rings. The first kappa shape index (κ1) is 10.8. The number of hydrogen-bond donors (Lipinski definition) is 1. The van der Waals surface area contributed by atoms with Gasteiger partial charge in [-0.2, -0.15) is 0 Å². The van der Waals surface area contributed by atoms with Gasteiger partial charge in [-0.15, -0.1) is 0 Å². The molecule has 0 saturated carbocycles. The van der Waals surface area contributed by atoms with Crippen LogP contribution in [-0.2, 0) is 0 Å². The van der Waals surface area contributed by atoms with Crippen LogP contribution in [0.5, 0.6) is 0 Å². The van der Waals surface area contributed by atoms with E-state index in [9.17, 15) is 0 Å². The molecular formula is C11H17N. The minimum Gasteiger partial charge on any atom is -0.404 e. The standard InChI is InChI=1S/C11H17N/c1-5-6-7-11(9(2)3)10(4)8-12/h5-8H,1,12H2,2-4H3/b7-6-,10-8-. The van der Waals surface area contributed by atoms with Crippen molar-refractivity contribution < 1.29 is 0 Å². The minimum absolute atomic E-state index is 1.09. The lowest BCUT2D eigenvalue weighted by atomic mass is 10.0. The van der Waals surface area contributed by atoms with Crippen molar-refractivity contribution in [2.24, 2.45) is 5.73 Å². The summed E-state index contributed by atoms with van der Waals surface area (Å²) in [5, 5.41) is 0. The molecule has 0 unspecified atom stereocenters. The molecule has 12 heavy (non-hydrogen) atoms. The van der Waals surface area contributed by atoms with Crippen LogP contribution in [0.1, 0.15) is 20.8 Å². The maximum Gasteiger partial charge on any atom is -0.00265 e. The maximum absolute atomic E-state index is 5.43. The van der Waals surface area contributed by atoms with Gasteiger partial charge in [0.2, 0.25) is 0 Å². The monoisotopic (exact) mass is 163 g/mol. The van der Waals surface area contributed by atoms with Crippen molar-refractivity contribution in [2.45, 2.75) is 20.8 Å². The van der Waals surface area contributed by atoms with Gasteiger partial charge in [0.25, 0.3) is 0 Å². The molecule has 0 aliphatic rings. The molecular weight excluding hydrogens is 146 g/mol. The second-order valence-corrected chi connectivity index (χ2v) is 2.86. The second kappa shape index (κ2) is 5.42. The molecule has 0 aromatic carbocycles. The van der Waals surface area contributed by atoms with Gasteiger partial charge in [-0.1, -0.05) is 30.4 Å². The molecule has 0 aromatic heterocycles. The Morgan fingerprint density at radius 3 is 2.17 bits per heavy atom. The van der Waals surface area contributed by atoms with Gasteiger partial charge in [-0.3, -0.25) is 0 Å². The van der Waals surface area contributed by atoms with E-state index < -0.39 is 0 Å². The molecule has 0 heterocycles. The Morgan fingerprint density at radius 2 is 1.83 bits per heavy atom. The highest BCUT2D eigenvalue weighted by molar-refractivity contribution is 5.41. The third-order valence-corrected chi connectivity index (χ3v) is 1.61. The van der Waals surface area contributed by atoms with Crippen LogP contribution in [0.2, 0.25) is 0 Å². The minimum atomic E-state index is 1.09. The van der Waals surface area contributed by atoms with Crippen molar-refractivity contribution >= 4 is 0 Å². The molecule has 0 atom stereocenters. The molecule has 0 saturated heterocycles. The Morgan fingerprint density at radius 1 is 1.25 bits per heavy atom.